The molecule has 2 rings (SSSR count). The van der Waals surface area contributed by atoms with Crippen molar-refractivity contribution in [2.45, 2.75) is 12.3 Å². The van der Waals surface area contributed by atoms with Crippen LogP contribution in [0.2, 0.25) is 0 Å². The van der Waals surface area contributed by atoms with Gasteiger partial charge >= 0.3 is 10.1 Å². The van der Waals surface area contributed by atoms with E-state index in [4.69, 9.17) is 4.18 Å². The Morgan fingerprint density at radius 1 is 1.39 bits per heavy atom. The van der Waals surface area contributed by atoms with Crippen molar-refractivity contribution < 1.29 is 12.6 Å². The molecule has 96 valence electrons. The van der Waals surface area contributed by atoms with E-state index in [0.717, 1.165) is 22.7 Å². The molecule has 3 nitrogen and oxygen atoms in total. The van der Waals surface area contributed by atoms with Gasteiger partial charge in [0.25, 0.3) is 0 Å². The predicted molar refractivity (Wildman–Crippen MR) is 74.7 cm³/mol. The van der Waals surface area contributed by atoms with E-state index in [1.807, 2.05) is 36.4 Å². The zero-order valence-corrected chi connectivity index (χ0v) is 12.2. The van der Waals surface area contributed by atoms with Crippen LogP contribution in [-0.2, 0) is 14.3 Å². The first-order valence-corrected chi connectivity index (χ1v) is 8.08. The van der Waals surface area contributed by atoms with Crippen LogP contribution in [0.25, 0.3) is 0 Å². The standard InChI is InChI=1S/C13H13BrO3S/c1-18(15,16)17-13-8-3-2-7-12(13)10-5-4-6-11(14)9-10/h2-6,8-9,12H,7H2,1H3. The number of hydrogen-bond acceptors (Lipinski definition) is 3. The van der Waals surface area contributed by atoms with Gasteiger partial charge in [-0.05, 0) is 30.2 Å². The number of rotatable bonds is 3. The first-order valence-electron chi connectivity index (χ1n) is 5.47. The molecule has 1 aliphatic rings. The lowest BCUT2D eigenvalue weighted by atomic mass is 9.91. The fraction of sp³-hybridized carbons (Fsp3) is 0.231. The van der Waals surface area contributed by atoms with E-state index in [2.05, 4.69) is 15.9 Å². The smallest absolute Gasteiger partial charge is 0.305 e. The Balaban J connectivity index is 2.32. The molecule has 0 N–H and O–H groups in total. The molecule has 0 bridgehead atoms. The van der Waals surface area contributed by atoms with Crippen molar-refractivity contribution >= 4 is 26.0 Å². The fourth-order valence-electron chi connectivity index (χ4n) is 1.89. The lowest BCUT2D eigenvalue weighted by molar-refractivity contribution is 0.377. The van der Waals surface area contributed by atoms with Crippen LogP contribution in [0.4, 0.5) is 0 Å². The highest BCUT2D eigenvalue weighted by atomic mass is 79.9. The Labute approximate surface area is 115 Å². The molecule has 0 heterocycles. The summed E-state index contributed by atoms with van der Waals surface area (Å²) in [6.45, 7) is 0. The van der Waals surface area contributed by atoms with Crippen LogP contribution >= 0.6 is 15.9 Å². The van der Waals surface area contributed by atoms with Crippen LogP contribution in [0, 0.1) is 0 Å². The van der Waals surface area contributed by atoms with Gasteiger partial charge in [0.2, 0.25) is 0 Å². The summed E-state index contributed by atoms with van der Waals surface area (Å²) in [5.74, 6) is 0.417. The van der Waals surface area contributed by atoms with Crippen LogP contribution in [-0.4, -0.2) is 14.7 Å². The summed E-state index contributed by atoms with van der Waals surface area (Å²) in [5, 5.41) is 0. The van der Waals surface area contributed by atoms with Crippen molar-refractivity contribution in [2.75, 3.05) is 6.26 Å². The molecule has 18 heavy (non-hydrogen) atoms. The number of halogens is 1. The molecule has 0 saturated carbocycles. The molecular weight excluding hydrogens is 316 g/mol. The van der Waals surface area contributed by atoms with Crippen molar-refractivity contribution in [1.29, 1.82) is 0 Å². The summed E-state index contributed by atoms with van der Waals surface area (Å²) in [5.41, 5.74) is 1.03. The lowest BCUT2D eigenvalue weighted by Crippen LogP contribution is -2.11. The Kier molecular flexibility index (Phi) is 3.92. The minimum Gasteiger partial charge on any atom is -0.386 e. The average molecular weight is 329 g/mol. The molecule has 0 aromatic heterocycles. The zero-order valence-electron chi connectivity index (χ0n) is 9.84. The van der Waals surface area contributed by atoms with E-state index in [1.54, 1.807) is 6.08 Å². The van der Waals surface area contributed by atoms with E-state index in [1.165, 1.54) is 0 Å². The maximum Gasteiger partial charge on any atom is 0.305 e. The minimum atomic E-state index is -3.49. The third-order valence-electron chi connectivity index (χ3n) is 2.61. The first kappa shape index (κ1) is 13.4. The quantitative estimate of drug-likeness (QED) is 0.799. The Bertz CT molecular complexity index is 602. The summed E-state index contributed by atoms with van der Waals surface area (Å²) < 4.78 is 28.5. The van der Waals surface area contributed by atoms with Crippen molar-refractivity contribution in [3.8, 4) is 0 Å². The van der Waals surface area contributed by atoms with E-state index in [-0.39, 0.29) is 5.92 Å². The van der Waals surface area contributed by atoms with Crippen LogP contribution < -0.4 is 0 Å². The Morgan fingerprint density at radius 3 is 2.83 bits per heavy atom. The van der Waals surface area contributed by atoms with Gasteiger partial charge in [-0.3, -0.25) is 0 Å². The summed E-state index contributed by atoms with van der Waals surface area (Å²) in [6.07, 6.45) is 7.31. The number of hydrogen-bond donors (Lipinski definition) is 0. The highest BCUT2D eigenvalue weighted by Gasteiger charge is 2.22. The van der Waals surface area contributed by atoms with Gasteiger partial charge < -0.3 is 4.18 Å². The van der Waals surface area contributed by atoms with Crippen LogP contribution in [0.3, 0.4) is 0 Å². The van der Waals surface area contributed by atoms with Crippen molar-refractivity contribution in [1.82, 2.24) is 0 Å². The molecule has 1 unspecified atom stereocenters. The topological polar surface area (TPSA) is 43.4 Å². The molecule has 0 fully saturated rings. The molecule has 0 amide bonds. The van der Waals surface area contributed by atoms with Crippen LogP contribution in [0.5, 0.6) is 0 Å². The van der Waals surface area contributed by atoms with E-state index >= 15 is 0 Å². The second kappa shape index (κ2) is 5.28. The maximum atomic E-state index is 11.2. The normalized spacial score (nSPS) is 19.4. The van der Waals surface area contributed by atoms with Crippen LogP contribution in [0.15, 0.2) is 52.7 Å². The average Bonchev–Trinajstić information content (AvgIpc) is 2.27. The lowest BCUT2D eigenvalue weighted by Gasteiger charge is -2.21. The molecule has 1 atom stereocenters. The Hall–Kier alpha value is -1.07. The summed E-state index contributed by atoms with van der Waals surface area (Å²) in [7, 11) is -3.49. The molecule has 0 aliphatic heterocycles. The second-order valence-electron chi connectivity index (χ2n) is 4.13. The second-order valence-corrected chi connectivity index (χ2v) is 6.62. The first-order chi connectivity index (χ1) is 8.46. The van der Waals surface area contributed by atoms with Gasteiger partial charge in [0.1, 0.15) is 5.76 Å². The van der Waals surface area contributed by atoms with Gasteiger partial charge in [-0.2, -0.15) is 8.42 Å². The van der Waals surface area contributed by atoms with Crippen molar-refractivity contribution in [3.05, 3.63) is 58.3 Å². The fourth-order valence-corrected chi connectivity index (χ4v) is 2.83. The molecule has 0 saturated heterocycles. The van der Waals surface area contributed by atoms with Crippen LogP contribution in [0.1, 0.15) is 17.9 Å². The largest absolute Gasteiger partial charge is 0.386 e. The third-order valence-corrected chi connectivity index (χ3v) is 3.60. The predicted octanol–water partition coefficient (Wildman–Crippen LogP) is 3.35. The van der Waals surface area contributed by atoms with E-state index < -0.39 is 10.1 Å². The molecular formula is C13H13BrO3S. The van der Waals surface area contributed by atoms with Crippen molar-refractivity contribution in [3.63, 3.8) is 0 Å². The molecule has 0 spiro atoms. The highest BCUT2D eigenvalue weighted by Crippen LogP contribution is 2.33. The monoisotopic (exact) mass is 328 g/mol. The van der Waals surface area contributed by atoms with E-state index in [9.17, 15) is 8.42 Å². The molecule has 0 radical (unpaired) electrons. The van der Waals surface area contributed by atoms with Gasteiger partial charge in [-0.1, -0.05) is 40.2 Å². The van der Waals surface area contributed by atoms with Gasteiger partial charge in [0, 0.05) is 10.4 Å². The SMILES string of the molecule is CS(=O)(=O)OC1=CC=CCC1c1cccc(Br)c1. The molecule has 1 aromatic carbocycles. The number of allylic oxidation sites excluding steroid dienone is 4. The summed E-state index contributed by atoms with van der Waals surface area (Å²) in [4.78, 5) is 0. The van der Waals surface area contributed by atoms with E-state index in [0.29, 0.717) is 5.76 Å². The van der Waals surface area contributed by atoms with Gasteiger partial charge in [0.15, 0.2) is 0 Å². The van der Waals surface area contributed by atoms with Gasteiger partial charge in [-0.25, -0.2) is 0 Å². The zero-order chi connectivity index (χ0) is 13.2. The maximum absolute atomic E-state index is 11.2. The Morgan fingerprint density at radius 2 is 2.17 bits per heavy atom. The molecule has 5 heteroatoms. The molecule has 1 aromatic rings. The summed E-state index contributed by atoms with van der Waals surface area (Å²) >= 11 is 3.41. The third kappa shape index (κ3) is 3.46. The van der Waals surface area contributed by atoms with Gasteiger partial charge in [-0.15, -0.1) is 0 Å². The number of benzene rings is 1. The summed E-state index contributed by atoms with van der Waals surface area (Å²) in [6, 6.07) is 7.80. The minimum absolute atomic E-state index is 0.0535. The highest BCUT2D eigenvalue weighted by molar-refractivity contribution is 9.10. The molecule has 1 aliphatic carbocycles. The van der Waals surface area contributed by atoms with Crippen molar-refractivity contribution in [2.24, 2.45) is 0 Å². The van der Waals surface area contributed by atoms with Gasteiger partial charge in [0.05, 0.1) is 6.26 Å².